The number of nitrogens with zero attached hydrogens (tertiary/aromatic N) is 3. The third kappa shape index (κ3) is 3.34. The van der Waals surface area contributed by atoms with Crippen LogP contribution in [0.15, 0.2) is 109 Å². The highest BCUT2D eigenvalue weighted by atomic mass is 28.3. The maximum absolute atomic E-state index is 2.47. The van der Waals surface area contributed by atoms with E-state index in [9.17, 15) is 0 Å². The Bertz CT molecular complexity index is 1530. The van der Waals surface area contributed by atoms with Gasteiger partial charge in [0.1, 0.15) is 8.07 Å². The van der Waals surface area contributed by atoms with E-state index < -0.39 is 8.07 Å². The van der Waals surface area contributed by atoms with Crippen molar-refractivity contribution in [3.8, 4) is 5.69 Å². The number of anilines is 1. The van der Waals surface area contributed by atoms with Gasteiger partial charge in [0.15, 0.2) is 0 Å². The van der Waals surface area contributed by atoms with Crippen molar-refractivity contribution in [3.05, 3.63) is 109 Å². The van der Waals surface area contributed by atoms with Crippen molar-refractivity contribution < 1.29 is 0 Å². The van der Waals surface area contributed by atoms with Crippen molar-refractivity contribution in [2.24, 2.45) is 0 Å². The molecule has 1 aliphatic heterocycles. The number of fused-ring (bicyclic) bond motifs is 3. The first kappa shape index (κ1) is 20.8. The lowest BCUT2D eigenvalue weighted by atomic mass is 10.1. The average molecular weight is 460 g/mol. The molecule has 0 saturated carbocycles. The van der Waals surface area contributed by atoms with Crippen LogP contribution in [-0.4, -0.2) is 31.3 Å². The summed E-state index contributed by atoms with van der Waals surface area (Å²) in [4.78, 5) is 4.51. The monoisotopic (exact) mass is 459 g/mol. The molecule has 4 heteroatoms. The van der Waals surface area contributed by atoms with Crippen LogP contribution in [0.25, 0.3) is 27.5 Å². The van der Waals surface area contributed by atoms with E-state index in [1.54, 1.807) is 0 Å². The molecule has 0 unspecified atom stereocenters. The Morgan fingerprint density at radius 3 is 2.12 bits per heavy atom. The minimum Gasteiger partial charge on any atom is -0.361 e. The molecule has 0 spiro atoms. The van der Waals surface area contributed by atoms with E-state index in [0.29, 0.717) is 0 Å². The van der Waals surface area contributed by atoms with Crippen LogP contribution in [0.5, 0.6) is 0 Å². The third-order valence-electron chi connectivity index (χ3n) is 7.18. The fraction of sp³-hybridized carbons (Fsp3) is 0.133. The van der Waals surface area contributed by atoms with E-state index >= 15 is 0 Å². The molecule has 0 fully saturated rings. The molecule has 4 aromatic carbocycles. The summed E-state index contributed by atoms with van der Waals surface area (Å²) in [6.45, 7) is 5.83. The highest BCUT2D eigenvalue weighted by molar-refractivity contribution is 7.00. The topological polar surface area (TPSA) is 11.4 Å². The van der Waals surface area contributed by atoms with Crippen molar-refractivity contribution in [1.29, 1.82) is 0 Å². The molecule has 0 bridgehead atoms. The Labute approximate surface area is 202 Å². The molecule has 168 valence electrons. The largest absolute Gasteiger partial charge is 0.361 e. The van der Waals surface area contributed by atoms with Crippen LogP contribution >= 0.6 is 0 Å². The van der Waals surface area contributed by atoms with Crippen molar-refractivity contribution in [2.75, 3.05) is 18.6 Å². The molecular formula is C30H29N3Si. The minimum absolute atomic E-state index is 0.899. The summed E-state index contributed by atoms with van der Waals surface area (Å²) in [5, 5.41) is 5.56. The maximum atomic E-state index is 2.47. The molecule has 34 heavy (non-hydrogen) atoms. The third-order valence-corrected chi connectivity index (χ3v) is 10.7. The normalized spacial score (nSPS) is 14.0. The molecule has 1 aliphatic rings. The van der Waals surface area contributed by atoms with Gasteiger partial charge in [-0.15, -0.1) is 0 Å². The fourth-order valence-corrected chi connectivity index (χ4v) is 7.51. The van der Waals surface area contributed by atoms with Gasteiger partial charge in [-0.05, 0) is 36.4 Å². The van der Waals surface area contributed by atoms with Gasteiger partial charge in [0.25, 0.3) is 0 Å². The van der Waals surface area contributed by atoms with Crippen LogP contribution in [0, 0.1) is 0 Å². The summed E-state index contributed by atoms with van der Waals surface area (Å²) in [5.74, 6) is 0. The molecule has 0 radical (unpaired) electrons. The first-order valence-corrected chi connectivity index (χ1v) is 14.9. The van der Waals surface area contributed by atoms with Gasteiger partial charge in [-0.2, -0.15) is 0 Å². The predicted octanol–water partition coefficient (Wildman–Crippen LogP) is 5.79. The van der Waals surface area contributed by atoms with Gasteiger partial charge in [-0.3, -0.25) is 0 Å². The second-order valence-corrected chi connectivity index (χ2v) is 14.2. The van der Waals surface area contributed by atoms with Gasteiger partial charge in [0.05, 0.1) is 17.7 Å². The minimum atomic E-state index is -1.90. The molecule has 5 aromatic rings. The van der Waals surface area contributed by atoms with E-state index in [1.807, 2.05) is 0 Å². The molecule has 0 atom stereocenters. The van der Waals surface area contributed by atoms with Crippen LogP contribution < -0.4 is 15.3 Å². The highest BCUT2D eigenvalue weighted by Crippen LogP contribution is 2.31. The van der Waals surface area contributed by atoms with E-state index in [-0.39, 0.29) is 0 Å². The van der Waals surface area contributed by atoms with E-state index in [0.717, 1.165) is 6.67 Å². The Kier molecular flexibility index (Phi) is 4.85. The van der Waals surface area contributed by atoms with Crippen LogP contribution in [0.1, 0.15) is 0 Å². The predicted molar refractivity (Wildman–Crippen MR) is 148 cm³/mol. The Hall–Kier alpha value is -3.76. The summed E-state index contributed by atoms with van der Waals surface area (Å²) in [5.41, 5.74) is 4.99. The Balaban J connectivity index is 1.49. The number of hydrogen-bond acceptors (Lipinski definition) is 2. The molecular weight excluding hydrogens is 430 g/mol. The summed E-state index contributed by atoms with van der Waals surface area (Å²) in [6, 6.07) is 35.7. The van der Waals surface area contributed by atoms with Crippen molar-refractivity contribution in [2.45, 2.75) is 13.1 Å². The zero-order valence-corrected chi connectivity index (χ0v) is 20.9. The zero-order valence-electron chi connectivity index (χ0n) is 19.9. The van der Waals surface area contributed by atoms with Gasteiger partial charge in [-0.1, -0.05) is 84.1 Å². The molecule has 0 amide bonds. The first-order chi connectivity index (χ1) is 16.5. The first-order valence-electron chi connectivity index (χ1n) is 11.9. The average Bonchev–Trinajstić information content (AvgIpc) is 3.45. The number of hydrogen-bond donors (Lipinski definition) is 0. The van der Waals surface area contributed by atoms with Gasteiger partial charge in [0.2, 0.25) is 0 Å². The van der Waals surface area contributed by atoms with Crippen LogP contribution in [0.3, 0.4) is 0 Å². The summed E-state index contributed by atoms with van der Waals surface area (Å²) in [7, 11) is 0.208. The second kappa shape index (κ2) is 7.92. The molecule has 6 rings (SSSR count). The second-order valence-electron chi connectivity index (χ2n) is 9.76. The van der Waals surface area contributed by atoms with Crippen LogP contribution in [0.4, 0.5) is 5.69 Å². The molecule has 0 saturated heterocycles. The van der Waals surface area contributed by atoms with Gasteiger partial charge >= 0.3 is 0 Å². The van der Waals surface area contributed by atoms with Crippen molar-refractivity contribution in [1.82, 2.24) is 9.47 Å². The van der Waals surface area contributed by atoms with Crippen molar-refractivity contribution in [3.63, 3.8) is 0 Å². The van der Waals surface area contributed by atoms with Gasteiger partial charge in [-0.25, -0.2) is 0 Å². The number of benzene rings is 4. The lowest BCUT2D eigenvalue weighted by Gasteiger charge is -2.26. The molecule has 3 nitrogen and oxygen atoms in total. The molecule has 2 heterocycles. The van der Waals surface area contributed by atoms with E-state index in [1.165, 1.54) is 43.6 Å². The standard InChI is InChI=1S/C30H29N3Si/c1-31-18-19-32(22-31)24-12-9-13-25(20-24)34(2,3)26-16-17-30-28(21-26)27-14-7-8-15-29(27)33(30)23-10-5-4-6-11-23/h4-21H,22H2,1-3H3. The molecule has 0 aliphatic carbocycles. The number of aromatic nitrogens is 1. The highest BCUT2D eigenvalue weighted by Gasteiger charge is 2.28. The number of rotatable bonds is 4. The Morgan fingerprint density at radius 1 is 0.618 bits per heavy atom. The van der Waals surface area contributed by atoms with Gasteiger partial charge < -0.3 is 14.4 Å². The SMILES string of the molecule is CN1C=CN(c2cccc([Si](C)(C)c3ccc4c(c3)c3ccccc3n4-c3ccccc3)c2)C1. The smallest absolute Gasteiger partial charge is 0.112 e. The zero-order chi connectivity index (χ0) is 23.3. The van der Waals surface area contributed by atoms with Crippen LogP contribution in [-0.2, 0) is 0 Å². The van der Waals surface area contributed by atoms with Crippen LogP contribution in [0.2, 0.25) is 13.1 Å². The maximum Gasteiger partial charge on any atom is 0.112 e. The van der Waals surface area contributed by atoms with Gasteiger partial charge in [0, 0.05) is 41.6 Å². The molecule has 1 aromatic heterocycles. The summed E-state index contributed by atoms with van der Waals surface area (Å²) in [6.07, 6.45) is 4.30. The van der Waals surface area contributed by atoms with Crippen molar-refractivity contribution >= 4 is 45.9 Å². The lowest BCUT2D eigenvalue weighted by molar-refractivity contribution is 0.496. The fourth-order valence-electron chi connectivity index (χ4n) is 5.15. The number of para-hydroxylation sites is 2. The molecule has 0 N–H and O–H groups in total. The summed E-state index contributed by atoms with van der Waals surface area (Å²) >= 11 is 0. The Morgan fingerprint density at radius 2 is 1.32 bits per heavy atom. The lowest BCUT2D eigenvalue weighted by Crippen LogP contribution is -2.52. The summed E-state index contributed by atoms with van der Waals surface area (Å²) < 4.78 is 2.39. The van der Waals surface area contributed by atoms with E-state index in [2.05, 4.69) is 144 Å². The van der Waals surface area contributed by atoms with E-state index in [4.69, 9.17) is 0 Å². The quantitative estimate of drug-likeness (QED) is 0.315.